The Hall–Kier alpha value is -14.3. The molecule has 7 aliphatic rings. The van der Waals surface area contributed by atoms with Gasteiger partial charge in [0.25, 0.3) is 34.4 Å². The van der Waals surface area contributed by atoms with Crippen molar-refractivity contribution in [2.24, 2.45) is 0 Å². The van der Waals surface area contributed by atoms with Crippen molar-refractivity contribution in [3.63, 3.8) is 0 Å². The van der Waals surface area contributed by atoms with Crippen LogP contribution in [0.1, 0.15) is 81.0 Å². The van der Waals surface area contributed by atoms with Gasteiger partial charge in [-0.2, -0.15) is 15.0 Å². The molecule has 0 unspecified atom stereocenters. The summed E-state index contributed by atoms with van der Waals surface area (Å²) in [5, 5.41) is 17.2. The van der Waals surface area contributed by atoms with Gasteiger partial charge in [-0.15, -0.1) is 0 Å². The molecule has 0 atom stereocenters. The maximum atomic E-state index is 13.6. The minimum atomic E-state index is -0.202. The molecule has 0 radical (unpaired) electrons. The van der Waals surface area contributed by atoms with Gasteiger partial charge in [-0.05, 0) is 220 Å². The molecule has 6 bridgehead atoms. The Kier molecular flexibility index (Phi) is 21.8. The van der Waals surface area contributed by atoms with Crippen molar-refractivity contribution in [2.75, 3.05) is 118 Å². The Labute approximate surface area is 717 Å². The van der Waals surface area contributed by atoms with Crippen LogP contribution in [0.25, 0.3) is 72.0 Å². The molecule has 33 nitrogen and oxygen atoms in total. The van der Waals surface area contributed by atoms with Crippen LogP contribution in [-0.2, 0) is 58.8 Å². The maximum absolute atomic E-state index is 13.6. The quantitative estimate of drug-likeness (QED) is 0.0584. The van der Waals surface area contributed by atoms with Gasteiger partial charge in [-0.1, -0.05) is 54.7 Å². The average molecular weight is 1680 g/mol. The fourth-order valence-corrected chi connectivity index (χ4v) is 17.4. The number of anilines is 9. The van der Waals surface area contributed by atoms with E-state index in [0.717, 1.165) is 112 Å². The summed E-state index contributed by atoms with van der Waals surface area (Å²) in [4.78, 5) is 128. The number of nitrogens with one attached hydrogen (secondary N) is 6. The lowest BCUT2D eigenvalue weighted by molar-refractivity contribution is -0.122. The standard InChI is InChI=1S/C32H34N8O3.C31H32N8O3.C29H30N8O3/c1-37(2)13-7-8-21-18-33-26-16-22(9-11-24(21)26)35-32-34-19-25-30(36-32)40-23-10-12-28-27(17-23)38(29(41)20-43-28)14-5-3-4-6-15-39(40)31(25)42;1-36(2)14-11-20-17-32-25-15-21(7-9-23(20)25)34-31-33-18-24-29(35-31)39-22-8-10-27-26(16-22)37(28(40)19-42-27)12-5-3-4-6-13-38(39)30(24)41;1-29(2)22-13-19(8-7-18(22)9-10-32-29)33-28-31-16-21-25(34-28)37-20-14-23-26(30-15-20)40-17-24(38)35(23)11-5-3-4-6-12-36(37)27(21)39/h4,6,9-12,16-19,33H,3,5,7-8,13-15,20H2,1-2H3,(H,34,35,36);4,6-10,15-18,32H,3,5,11-14,19H2,1-2H3,(H,33,34,35);4,6-8,13-16,32H,3,5,9-12,17H2,1-2H3,(H,31,33,34). The molecule has 7 aliphatic heterocycles. The molecule has 14 aromatic rings. The fraction of sp³-hybridized carbons (Fsp3) is 0.315. The Morgan fingerprint density at radius 1 is 0.448 bits per heavy atom. The summed E-state index contributed by atoms with van der Waals surface area (Å²) in [6, 6.07) is 31.8. The normalized spacial score (nSPS) is 15.9. The first kappa shape index (κ1) is 80.4. The monoisotopic (exact) mass is 1680 g/mol. The third-order valence-corrected chi connectivity index (χ3v) is 23.8. The molecular weight excluding hydrogens is 1590 g/mol. The maximum Gasteiger partial charge on any atom is 0.278 e. The number of amides is 3. The number of rotatable bonds is 13. The van der Waals surface area contributed by atoms with Crippen molar-refractivity contribution in [1.29, 1.82) is 0 Å². The van der Waals surface area contributed by atoms with Crippen LogP contribution in [0, 0.1) is 0 Å². The van der Waals surface area contributed by atoms with Crippen LogP contribution in [0.15, 0.2) is 185 Å². The molecule has 33 heteroatoms. The summed E-state index contributed by atoms with van der Waals surface area (Å²) in [6.45, 7) is 10.2. The summed E-state index contributed by atoms with van der Waals surface area (Å²) in [5.41, 5.74) is 14.5. The number of carbonyl (C=O) groups excluding carboxylic acids is 3. The lowest BCUT2D eigenvalue weighted by Crippen LogP contribution is -2.42. The van der Waals surface area contributed by atoms with E-state index >= 15 is 0 Å². The number of benzene rings is 5. The van der Waals surface area contributed by atoms with Crippen LogP contribution in [0.2, 0.25) is 0 Å². The van der Waals surface area contributed by atoms with Gasteiger partial charge in [0.05, 0.1) is 54.3 Å². The van der Waals surface area contributed by atoms with Gasteiger partial charge in [0.1, 0.15) is 33.3 Å². The zero-order valence-electron chi connectivity index (χ0n) is 70.4. The molecule has 6 N–H and O–H groups in total. The zero-order valence-corrected chi connectivity index (χ0v) is 70.4. The number of aryl methyl sites for hydroxylation is 1. The predicted octanol–water partition coefficient (Wildman–Crippen LogP) is 11.5. The fourth-order valence-electron chi connectivity index (χ4n) is 17.4. The van der Waals surface area contributed by atoms with Crippen LogP contribution < -0.4 is 66.9 Å². The van der Waals surface area contributed by atoms with Crippen LogP contribution in [0.4, 0.5) is 52.0 Å². The number of hydrogen-bond donors (Lipinski definition) is 6. The van der Waals surface area contributed by atoms with Gasteiger partial charge in [-0.25, -0.2) is 48.0 Å². The van der Waals surface area contributed by atoms with Crippen molar-refractivity contribution < 1.29 is 28.6 Å². The SMILES string of the molecule is CC1(C)NCCc2ccc(Nc3ncc4c(=O)n5n(c4n3)-c3cnc4c(c3)N(CCCC=CC5)C(=O)CO4)cc21.CN(C)CCCc1c[nH]c2cc(Nc3ncc4c(=O)n5n(c4n3)-c3ccc4c(c3)N(CCCC=CC5)C(=O)CO4)ccc12.CN(C)CCc1c[nH]c2cc(Nc3ncc4c(=O)n5n(c4n3)-c3ccc4c(c3)N(CCCC=CC5)C(=O)CO4)ccc12. The van der Waals surface area contributed by atoms with Crippen molar-refractivity contribution in [3.05, 3.63) is 224 Å². The molecule has 21 rings (SSSR count). The van der Waals surface area contributed by atoms with E-state index in [-0.39, 0.29) is 59.8 Å². The number of nitrogens with zero attached hydrogens (tertiary/aromatic N) is 18. The molecule has 0 saturated heterocycles. The van der Waals surface area contributed by atoms with Crippen LogP contribution in [0.5, 0.6) is 17.4 Å². The third-order valence-electron chi connectivity index (χ3n) is 23.8. The molecule has 125 heavy (non-hydrogen) atoms. The minimum absolute atomic E-state index is 0.0211. The Bertz CT molecular complexity index is 6890. The first-order valence-electron chi connectivity index (χ1n) is 42.5. The number of aromatic amines is 2. The number of ether oxygens (including phenoxy) is 3. The van der Waals surface area contributed by atoms with Crippen LogP contribution >= 0.6 is 0 Å². The molecule has 5 aromatic carbocycles. The second kappa shape index (κ2) is 33.8. The molecule has 0 aliphatic carbocycles. The lowest BCUT2D eigenvalue weighted by atomic mass is 9.85. The van der Waals surface area contributed by atoms with Crippen molar-refractivity contribution in [1.82, 2.24) is 88.1 Å². The number of allylic oxidation sites excluding steroid dienone is 6. The topological polar surface area (TPSA) is 346 Å². The number of fused-ring (bicyclic) bond motifs is 18. The molecule has 16 heterocycles. The number of pyridine rings is 1. The van der Waals surface area contributed by atoms with E-state index < -0.39 is 0 Å². The van der Waals surface area contributed by atoms with E-state index in [1.165, 1.54) is 33.0 Å². The van der Waals surface area contributed by atoms with E-state index in [9.17, 15) is 28.8 Å². The van der Waals surface area contributed by atoms with Gasteiger partial charge < -0.3 is 69.9 Å². The number of carbonyl (C=O) groups is 3. The van der Waals surface area contributed by atoms with Gasteiger partial charge in [-0.3, -0.25) is 28.8 Å². The molecule has 0 spiro atoms. The summed E-state index contributed by atoms with van der Waals surface area (Å²) in [5.74, 6) is 2.58. The van der Waals surface area contributed by atoms with E-state index in [1.54, 1.807) is 62.9 Å². The third kappa shape index (κ3) is 15.9. The first-order chi connectivity index (χ1) is 60.8. The average Bonchev–Trinajstić information content (AvgIpc) is 1.60. The number of H-pyrrole nitrogens is 2. The summed E-state index contributed by atoms with van der Waals surface area (Å²) < 4.78 is 27.3. The van der Waals surface area contributed by atoms with Gasteiger partial charge in [0.2, 0.25) is 23.7 Å². The summed E-state index contributed by atoms with van der Waals surface area (Å²) >= 11 is 0. The van der Waals surface area contributed by atoms with Crippen LogP contribution in [0.3, 0.4) is 0 Å². The van der Waals surface area contributed by atoms with Crippen molar-refractivity contribution in [3.8, 4) is 34.4 Å². The largest absolute Gasteiger partial charge is 0.482 e. The van der Waals surface area contributed by atoms with E-state index in [2.05, 4.69) is 158 Å². The van der Waals surface area contributed by atoms with Crippen molar-refractivity contribution >= 4 is 125 Å². The van der Waals surface area contributed by atoms with Gasteiger partial charge in [0.15, 0.2) is 36.8 Å². The Morgan fingerprint density at radius 3 is 1.38 bits per heavy atom. The highest BCUT2D eigenvalue weighted by molar-refractivity contribution is 6.00. The smallest absolute Gasteiger partial charge is 0.278 e. The van der Waals surface area contributed by atoms with Gasteiger partial charge in [0, 0.05) is 102 Å². The van der Waals surface area contributed by atoms with E-state index in [1.807, 2.05) is 95.7 Å². The summed E-state index contributed by atoms with van der Waals surface area (Å²) in [6.07, 6.45) is 31.5. The predicted molar refractivity (Wildman–Crippen MR) is 483 cm³/mol. The zero-order chi connectivity index (χ0) is 85.7. The Morgan fingerprint density at radius 2 is 0.888 bits per heavy atom. The molecular formula is C92H96N24O9. The Balaban J connectivity index is 0.000000123. The molecule has 0 fully saturated rings. The molecule has 9 aromatic heterocycles. The molecule has 0 saturated carbocycles. The number of hydrogen-bond acceptors (Lipinski definition) is 22. The number of aromatic nitrogens is 15. The van der Waals surface area contributed by atoms with E-state index in [0.29, 0.717) is 142 Å². The highest BCUT2D eigenvalue weighted by Gasteiger charge is 2.33. The number of likely N-dealkylation sites (N-methyl/N-ethyl adjacent to an activating group) is 1. The molecule has 3 amide bonds. The molecule has 638 valence electrons. The minimum Gasteiger partial charge on any atom is -0.482 e. The van der Waals surface area contributed by atoms with Crippen molar-refractivity contribution in [2.45, 2.75) is 103 Å². The lowest BCUT2D eigenvalue weighted by Gasteiger charge is -2.34. The second-order valence-electron chi connectivity index (χ2n) is 33.2. The highest BCUT2D eigenvalue weighted by atomic mass is 16.5. The second-order valence-corrected chi connectivity index (χ2v) is 33.2. The highest BCUT2D eigenvalue weighted by Crippen LogP contribution is 2.40. The van der Waals surface area contributed by atoms with E-state index in [4.69, 9.17) is 29.2 Å². The van der Waals surface area contributed by atoms with Crippen LogP contribution in [-0.4, -0.2) is 188 Å². The summed E-state index contributed by atoms with van der Waals surface area (Å²) in [7, 11) is 8.33. The first-order valence-corrected chi connectivity index (χ1v) is 42.5. The van der Waals surface area contributed by atoms with Gasteiger partial charge >= 0.3 is 0 Å².